The van der Waals surface area contributed by atoms with Gasteiger partial charge in [0.1, 0.15) is 0 Å². The lowest BCUT2D eigenvalue weighted by molar-refractivity contribution is -0.255. The molecule has 0 aliphatic heterocycles. The van der Waals surface area contributed by atoms with Crippen LogP contribution in [0.3, 0.4) is 0 Å². The van der Waals surface area contributed by atoms with Crippen LogP contribution in [0.2, 0.25) is 0 Å². The molecule has 1 heterocycles. The van der Waals surface area contributed by atoms with Gasteiger partial charge in [-0.25, -0.2) is 0 Å². The molecule has 18 heavy (non-hydrogen) atoms. The number of carbonyl (C=O) groups excluding carboxylic acids is 1. The van der Waals surface area contributed by atoms with Gasteiger partial charge in [0.15, 0.2) is 0 Å². The Hall–Kier alpha value is -2.55. The van der Waals surface area contributed by atoms with Crippen molar-refractivity contribution in [3.63, 3.8) is 0 Å². The lowest BCUT2D eigenvalue weighted by Gasteiger charge is -2.11. The molecule has 0 aliphatic rings. The standard InChI is InChI=1S/C15H11NO2/c17-15(18)14-10-11-6-4-5-9-13(11)16(14)12-7-2-1-3-8-12/h1-10H,(H,17,18)/p-1. The Morgan fingerprint density at radius 2 is 1.61 bits per heavy atom. The zero-order chi connectivity index (χ0) is 12.5. The fraction of sp³-hybridized carbons (Fsp3) is 0. The predicted molar refractivity (Wildman–Crippen MR) is 67.6 cm³/mol. The zero-order valence-electron chi connectivity index (χ0n) is 9.54. The van der Waals surface area contributed by atoms with Gasteiger partial charge in [-0.05, 0) is 24.3 Å². The molecule has 88 valence electrons. The molecule has 3 rings (SSSR count). The van der Waals surface area contributed by atoms with Gasteiger partial charge in [-0.15, -0.1) is 0 Å². The largest absolute Gasteiger partial charge is 0.543 e. The Morgan fingerprint density at radius 1 is 0.944 bits per heavy atom. The third-order valence-corrected chi connectivity index (χ3v) is 2.93. The summed E-state index contributed by atoms with van der Waals surface area (Å²) in [6, 6.07) is 18.6. The van der Waals surface area contributed by atoms with E-state index in [4.69, 9.17) is 0 Å². The highest BCUT2D eigenvalue weighted by Crippen LogP contribution is 2.23. The number of para-hydroxylation sites is 2. The minimum absolute atomic E-state index is 0.169. The average molecular weight is 236 g/mol. The predicted octanol–water partition coefficient (Wildman–Crippen LogP) is 1.99. The van der Waals surface area contributed by atoms with Crippen molar-refractivity contribution in [2.24, 2.45) is 0 Å². The van der Waals surface area contributed by atoms with Crippen molar-refractivity contribution in [1.82, 2.24) is 4.57 Å². The summed E-state index contributed by atoms with van der Waals surface area (Å²) >= 11 is 0. The van der Waals surface area contributed by atoms with E-state index in [2.05, 4.69) is 0 Å². The highest BCUT2D eigenvalue weighted by molar-refractivity contribution is 5.95. The van der Waals surface area contributed by atoms with E-state index in [9.17, 15) is 9.90 Å². The first-order valence-corrected chi connectivity index (χ1v) is 5.64. The van der Waals surface area contributed by atoms with Crippen LogP contribution < -0.4 is 5.11 Å². The number of benzene rings is 2. The van der Waals surface area contributed by atoms with E-state index < -0.39 is 5.97 Å². The average Bonchev–Trinajstić information content (AvgIpc) is 2.79. The van der Waals surface area contributed by atoms with E-state index in [1.165, 1.54) is 0 Å². The van der Waals surface area contributed by atoms with Gasteiger partial charge in [0.05, 0.1) is 17.2 Å². The molecule has 3 nitrogen and oxygen atoms in total. The highest BCUT2D eigenvalue weighted by atomic mass is 16.4. The molecule has 0 fully saturated rings. The number of hydrogen-bond donors (Lipinski definition) is 0. The lowest BCUT2D eigenvalue weighted by Crippen LogP contribution is -2.25. The smallest absolute Gasteiger partial charge is 0.0884 e. The van der Waals surface area contributed by atoms with Crippen molar-refractivity contribution in [2.75, 3.05) is 0 Å². The summed E-state index contributed by atoms with van der Waals surface area (Å²) in [7, 11) is 0. The number of nitrogens with zero attached hydrogens (tertiary/aromatic N) is 1. The SMILES string of the molecule is O=C([O-])c1cc2ccccc2n1-c1ccccc1. The first kappa shape index (κ1) is 10.6. The van der Waals surface area contributed by atoms with E-state index in [-0.39, 0.29) is 5.69 Å². The van der Waals surface area contributed by atoms with Crippen LogP contribution in [0.4, 0.5) is 0 Å². The van der Waals surface area contributed by atoms with Crippen LogP contribution in [0.5, 0.6) is 0 Å². The second-order valence-electron chi connectivity index (χ2n) is 4.05. The maximum absolute atomic E-state index is 11.2. The molecule has 0 aliphatic carbocycles. The summed E-state index contributed by atoms with van der Waals surface area (Å²) in [5.74, 6) is -1.17. The van der Waals surface area contributed by atoms with Gasteiger partial charge in [-0.3, -0.25) is 0 Å². The summed E-state index contributed by atoms with van der Waals surface area (Å²) in [5, 5.41) is 12.1. The van der Waals surface area contributed by atoms with E-state index in [1.54, 1.807) is 10.6 Å². The Kier molecular flexibility index (Phi) is 2.38. The number of hydrogen-bond acceptors (Lipinski definition) is 2. The van der Waals surface area contributed by atoms with Crippen LogP contribution in [-0.2, 0) is 0 Å². The first-order chi connectivity index (χ1) is 8.77. The van der Waals surface area contributed by atoms with Crippen molar-refractivity contribution in [1.29, 1.82) is 0 Å². The maximum Gasteiger partial charge on any atom is 0.0884 e. The maximum atomic E-state index is 11.2. The molecule has 2 aromatic carbocycles. The first-order valence-electron chi connectivity index (χ1n) is 5.64. The third kappa shape index (κ3) is 1.57. The fourth-order valence-corrected chi connectivity index (χ4v) is 2.16. The molecule has 0 atom stereocenters. The Morgan fingerprint density at radius 3 is 2.33 bits per heavy atom. The number of aromatic nitrogens is 1. The van der Waals surface area contributed by atoms with Gasteiger partial charge in [0, 0.05) is 11.1 Å². The molecule has 0 N–H and O–H groups in total. The summed E-state index contributed by atoms with van der Waals surface area (Å²) in [5.41, 5.74) is 1.85. The number of rotatable bonds is 2. The Labute approximate surface area is 104 Å². The molecule has 0 radical (unpaired) electrons. The van der Waals surface area contributed by atoms with Crippen LogP contribution in [0.25, 0.3) is 16.6 Å². The van der Waals surface area contributed by atoms with Crippen molar-refractivity contribution < 1.29 is 9.90 Å². The van der Waals surface area contributed by atoms with Crippen molar-refractivity contribution in [3.05, 3.63) is 66.4 Å². The molecule has 0 spiro atoms. The second kappa shape index (κ2) is 4.04. The van der Waals surface area contributed by atoms with Crippen LogP contribution in [0, 0.1) is 0 Å². The van der Waals surface area contributed by atoms with Gasteiger partial charge >= 0.3 is 0 Å². The monoisotopic (exact) mass is 236 g/mol. The molecule has 0 amide bonds. The molecular weight excluding hydrogens is 226 g/mol. The number of carboxylic acid groups (broad SMARTS) is 1. The fourth-order valence-electron chi connectivity index (χ4n) is 2.16. The van der Waals surface area contributed by atoms with E-state index >= 15 is 0 Å². The normalized spacial score (nSPS) is 10.7. The summed E-state index contributed by atoms with van der Waals surface area (Å²) < 4.78 is 1.70. The zero-order valence-corrected chi connectivity index (χ0v) is 9.54. The Bertz CT molecular complexity index is 714. The van der Waals surface area contributed by atoms with Crippen LogP contribution in [0.1, 0.15) is 10.5 Å². The highest BCUT2D eigenvalue weighted by Gasteiger charge is 2.10. The molecule has 3 heteroatoms. The molecule has 0 saturated heterocycles. The van der Waals surface area contributed by atoms with E-state index in [1.807, 2.05) is 54.6 Å². The lowest BCUT2D eigenvalue weighted by atomic mass is 10.2. The minimum atomic E-state index is -1.17. The van der Waals surface area contributed by atoms with Gasteiger partial charge in [0.25, 0.3) is 0 Å². The minimum Gasteiger partial charge on any atom is -0.543 e. The van der Waals surface area contributed by atoms with E-state index in [0.29, 0.717) is 0 Å². The third-order valence-electron chi connectivity index (χ3n) is 2.93. The summed E-state index contributed by atoms with van der Waals surface area (Å²) in [6.45, 7) is 0. The number of aromatic carboxylic acids is 1. The number of carboxylic acids is 1. The van der Waals surface area contributed by atoms with Crippen molar-refractivity contribution in [2.45, 2.75) is 0 Å². The molecule has 0 saturated carbocycles. The summed E-state index contributed by atoms with van der Waals surface area (Å²) in [4.78, 5) is 11.2. The van der Waals surface area contributed by atoms with Crippen molar-refractivity contribution >= 4 is 16.9 Å². The molecule has 3 aromatic rings. The molecule has 0 bridgehead atoms. The Balaban J connectivity index is 2.38. The summed E-state index contributed by atoms with van der Waals surface area (Å²) in [6.07, 6.45) is 0. The van der Waals surface area contributed by atoms with Gasteiger partial charge < -0.3 is 14.5 Å². The van der Waals surface area contributed by atoms with Gasteiger partial charge in [-0.1, -0.05) is 36.4 Å². The van der Waals surface area contributed by atoms with Crippen LogP contribution >= 0.6 is 0 Å². The van der Waals surface area contributed by atoms with Crippen LogP contribution in [-0.4, -0.2) is 10.5 Å². The quantitative estimate of drug-likeness (QED) is 0.683. The second-order valence-corrected chi connectivity index (χ2v) is 4.05. The van der Waals surface area contributed by atoms with Crippen molar-refractivity contribution in [3.8, 4) is 5.69 Å². The molecular formula is C15H10NO2-. The number of carbonyl (C=O) groups is 1. The van der Waals surface area contributed by atoms with Crippen LogP contribution in [0.15, 0.2) is 60.7 Å². The van der Waals surface area contributed by atoms with E-state index in [0.717, 1.165) is 16.6 Å². The molecule has 0 unspecified atom stereocenters. The van der Waals surface area contributed by atoms with Gasteiger partial charge in [0.2, 0.25) is 0 Å². The number of fused-ring (bicyclic) bond motifs is 1. The molecule has 1 aromatic heterocycles. The topological polar surface area (TPSA) is 45.1 Å². The van der Waals surface area contributed by atoms with Gasteiger partial charge in [-0.2, -0.15) is 0 Å².